The van der Waals surface area contributed by atoms with E-state index >= 15 is 8.78 Å². The van der Waals surface area contributed by atoms with E-state index in [0.29, 0.717) is 97.9 Å². The maximum atomic E-state index is 15.3. The minimum Gasteiger partial charge on any atom is -0.377 e. The lowest BCUT2D eigenvalue weighted by Gasteiger charge is -2.31. The van der Waals surface area contributed by atoms with E-state index in [9.17, 15) is 65.5 Å². The number of carbonyl (C=O) groups is 2. The van der Waals surface area contributed by atoms with Crippen LogP contribution in [0.1, 0.15) is 107 Å². The van der Waals surface area contributed by atoms with Crippen molar-refractivity contribution in [1.29, 1.82) is 0 Å². The number of benzene rings is 6. The van der Waals surface area contributed by atoms with Gasteiger partial charge < -0.3 is 24.6 Å². The van der Waals surface area contributed by atoms with E-state index in [4.69, 9.17) is 4.18 Å². The summed E-state index contributed by atoms with van der Waals surface area (Å²) in [7, 11) is 1.33. The second-order valence-corrected chi connectivity index (χ2v) is 34.2. The summed E-state index contributed by atoms with van der Waals surface area (Å²) >= 11 is 5.89. The molecule has 5 aliphatic rings. The van der Waals surface area contributed by atoms with Gasteiger partial charge in [-0.1, -0.05) is 29.8 Å². The summed E-state index contributed by atoms with van der Waals surface area (Å²) in [5, 5.41) is 5.97. The van der Waals surface area contributed by atoms with E-state index in [0.717, 1.165) is 41.2 Å². The van der Waals surface area contributed by atoms with Crippen LogP contribution in [0.15, 0.2) is 175 Å². The SMILES string of the molecule is Cc1c(=O)n(C)c(Nc2ccc(I)cc2F)c2c(=O)n(C3CC3)c(=O)n(-c3cccc(C(=O)N4CCC4)c3)c12.Cc1ccc(S(=O)(=O)Oc2c(C)c(=O)n(C)c3c2c(=O)n(C2CC2)c(=O)n3-c2ccc(I)cc2F)cc1.Cn1c(Nc2cccc(C(=O)N3CCC3)c2)c2c(=O)n(C3CC3)c(=O)n(-c3ccc(I)cc3F)c2[n+](C)c1=O. The molecule has 3 aliphatic carbocycles. The molecule has 5 fully saturated rings. The fourth-order valence-corrected chi connectivity index (χ4v) is 16.6. The molecule has 0 atom stereocenters. The van der Waals surface area contributed by atoms with Crippen molar-refractivity contribution in [3.05, 3.63) is 277 Å². The molecule has 0 radical (unpaired) electrons. The highest BCUT2D eigenvalue weighted by Gasteiger charge is 2.39. The number of aromatic nitrogens is 10. The van der Waals surface area contributed by atoms with Gasteiger partial charge in [-0.3, -0.25) is 56.4 Å². The van der Waals surface area contributed by atoms with Gasteiger partial charge in [-0.25, -0.2) is 46.1 Å². The Morgan fingerprint density at radius 1 is 0.496 bits per heavy atom. The fourth-order valence-electron chi connectivity index (χ4n) is 14.3. The molecule has 0 unspecified atom stereocenters. The smallest absolute Gasteiger partial charge is 0.377 e. The van der Waals surface area contributed by atoms with Crippen LogP contribution in [0, 0.1) is 48.9 Å². The van der Waals surface area contributed by atoms with Gasteiger partial charge in [0.2, 0.25) is 0 Å². The molecular formula is C80H71F3I3N14O14S+. The summed E-state index contributed by atoms with van der Waals surface area (Å²) in [6, 6.07) is 31.5. The molecule has 6 aromatic carbocycles. The van der Waals surface area contributed by atoms with Crippen molar-refractivity contribution < 1.29 is 39.9 Å². The molecule has 115 heavy (non-hydrogen) atoms. The van der Waals surface area contributed by atoms with Crippen LogP contribution in [0.4, 0.5) is 36.2 Å². The van der Waals surface area contributed by atoms with Crippen molar-refractivity contribution in [2.45, 2.75) is 95.2 Å². The van der Waals surface area contributed by atoms with Gasteiger partial charge in [-0.2, -0.15) is 17.6 Å². The lowest BCUT2D eigenvalue weighted by Crippen LogP contribution is -2.56. The molecule has 0 spiro atoms. The quantitative estimate of drug-likeness (QED) is 0.0548. The van der Waals surface area contributed by atoms with Crippen LogP contribution in [-0.4, -0.2) is 97.3 Å². The maximum absolute atomic E-state index is 15.3. The van der Waals surface area contributed by atoms with Crippen LogP contribution in [-0.2, 0) is 38.3 Å². The van der Waals surface area contributed by atoms with E-state index in [-0.39, 0.29) is 102 Å². The number of halogens is 6. The molecule has 2 amide bonds. The first-order valence-corrected chi connectivity index (χ1v) is 41.2. The van der Waals surface area contributed by atoms with Crippen molar-refractivity contribution in [2.24, 2.45) is 28.2 Å². The first-order chi connectivity index (χ1) is 54.8. The first kappa shape index (κ1) is 79.4. The van der Waals surface area contributed by atoms with Gasteiger partial charge in [0, 0.05) is 91.5 Å². The Morgan fingerprint density at radius 2 is 0.965 bits per heavy atom. The predicted molar refractivity (Wildman–Crippen MR) is 450 cm³/mol. The highest BCUT2D eigenvalue weighted by atomic mass is 127. The minimum atomic E-state index is -4.47. The summed E-state index contributed by atoms with van der Waals surface area (Å²) in [5.74, 6) is -2.45. The van der Waals surface area contributed by atoms with Gasteiger partial charge in [0.15, 0.2) is 22.8 Å². The lowest BCUT2D eigenvalue weighted by molar-refractivity contribution is -0.667. The number of nitrogens with zero attached hydrogens (tertiary/aromatic N) is 12. The topological polar surface area (TPSA) is 310 Å². The number of aryl methyl sites for hydroxylation is 4. The molecule has 12 aromatic rings. The van der Waals surface area contributed by atoms with Gasteiger partial charge in [-0.15, -0.1) is 0 Å². The summed E-state index contributed by atoms with van der Waals surface area (Å²) < 4.78 is 90.5. The third-order valence-electron chi connectivity index (χ3n) is 21.1. The van der Waals surface area contributed by atoms with Crippen LogP contribution in [0.25, 0.3) is 50.0 Å². The molecule has 0 bridgehead atoms. The van der Waals surface area contributed by atoms with Gasteiger partial charge in [0.1, 0.15) is 44.5 Å². The number of hydrogen-bond acceptors (Lipinski definition) is 16. The molecule has 2 aliphatic heterocycles. The number of likely N-dealkylation sites (tertiary alicyclic amines) is 2. The number of anilines is 4. The van der Waals surface area contributed by atoms with Crippen molar-refractivity contribution in [2.75, 3.05) is 36.8 Å². The summed E-state index contributed by atoms with van der Waals surface area (Å²) in [5.41, 5.74) is -3.40. The van der Waals surface area contributed by atoms with Crippen molar-refractivity contribution in [3.8, 4) is 22.8 Å². The Balaban J connectivity index is 0.000000136. The van der Waals surface area contributed by atoms with Crippen LogP contribution < -0.4 is 69.9 Å². The molecule has 6 aromatic heterocycles. The Hall–Kier alpha value is -10.8. The normalized spacial score (nSPS) is 14.5. The number of pyridine rings is 2. The number of nitrogens with one attached hydrogen (secondary N) is 2. The Kier molecular flexibility index (Phi) is 21.2. The molecule has 17 rings (SSSR count). The van der Waals surface area contributed by atoms with Crippen molar-refractivity contribution in [1.82, 2.24) is 50.9 Å². The fraction of sp³-hybridized carbons (Fsp3) is 0.275. The monoisotopic (exact) mass is 1920 g/mol. The Bertz CT molecular complexity index is 6930. The van der Waals surface area contributed by atoms with Gasteiger partial charge in [0.05, 0.1) is 42.2 Å². The number of fused-ring (bicyclic) bond motifs is 3. The first-order valence-electron chi connectivity index (χ1n) is 36.6. The molecular weight excluding hydrogens is 1850 g/mol. The highest BCUT2D eigenvalue weighted by molar-refractivity contribution is 14.1. The van der Waals surface area contributed by atoms with Crippen LogP contribution in [0.5, 0.6) is 5.75 Å². The third-order valence-corrected chi connectivity index (χ3v) is 24.3. The molecule has 2 N–H and O–H groups in total. The zero-order chi connectivity index (χ0) is 82.0. The van der Waals surface area contributed by atoms with E-state index in [1.807, 2.05) is 67.8 Å². The Labute approximate surface area is 691 Å². The molecule has 28 nitrogen and oxygen atoms in total. The second kappa shape index (κ2) is 30.8. The highest BCUT2D eigenvalue weighted by Crippen LogP contribution is 2.38. The maximum Gasteiger partial charge on any atom is 0.444 e. The van der Waals surface area contributed by atoms with Crippen LogP contribution in [0.3, 0.4) is 0 Å². The van der Waals surface area contributed by atoms with Gasteiger partial charge >= 0.3 is 32.9 Å². The van der Waals surface area contributed by atoms with Gasteiger partial charge in [0.25, 0.3) is 45.3 Å². The largest absolute Gasteiger partial charge is 0.444 e. The summed E-state index contributed by atoms with van der Waals surface area (Å²) in [6.07, 6.45) is 5.67. The number of amides is 2. The minimum absolute atomic E-state index is 0.0274. The molecule has 3 saturated carbocycles. The standard InChI is InChI=1S/C28H25FIN5O4.C27H24FIN6O4.C25H21FIN3O6S/c1-15-23-22(24(32(2)25(15)36)31-21-10-7-17(30)14-20(21)29)27(38)35(18-8-9-18)28(39)34(23)19-6-3-5-16(13-19)26(37)33-11-4-12-33;1-31-22(30-17-6-3-5-15(13-17)24(36)33-11-4-12-33)21-23(32(2)26(31)38)35(20-10-7-16(29)14-19(20)28)27(39)34(25(21)37)18-8-9-18;1-13-4-9-17(10-5-13)37(34,35)36-21-14(2)23(31)28(3)22-20(21)24(32)29(16-7-8-16)25(33)30(22)19-11-6-15(27)12-18(19)26/h3,5-7,10,13-14,18,31H,4,8-9,11-12H2,1-2H3;3,5-7,10,13-14,18H,4,8-9,11-12H2,1-2H3;4-6,9-12,16H,7-8H2,1-3H3/p+1. The predicted octanol–water partition coefficient (Wildman–Crippen LogP) is 9.49. The van der Waals surface area contributed by atoms with Gasteiger partial charge in [-0.05, 0) is 243 Å². The van der Waals surface area contributed by atoms with E-state index < -0.39 is 89.9 Å². The number of hydrogen-bond donors (Lipinski definition) is 2. The number of carbonyl (C=O) groups excluding carboxylic acids is 2. The average molecular weight is 1920 g/mol. The zero-order valence-electron chi connectivity index (χ0n) is 62.6. The average Bonchev–Trinajstić information content (AvgIpc) is 0.920. The Morgan fingerprint density at radius 3 is 1.49 bits per heavy atom. The molecule has 592 valence electrons. The number of rotatable bonds is 15. The third kappa shape index (κ3) is 14.5. The second-order valence-electron chi connectivity index (χ2n) is 28.9. The van der Waals surface area contributed by atoms with E-state index in [1.165, 1.54) is 106 Å². The molecule has 2 saturated heterocycles. The summed E-state index contributed by atoms with van der Waals surface area (Å²) in [6.45, 7) is 7.46. The molecule has 35 heteroatoms. The zero-order valence-corrected chi connectivity index (χ0v) is 69.9. The van der Waals surface area contributed by atoms with E-state index in [2.05, 4.69) is 10.6 Å². The lowest BCUT2D eigenvalue weighted by atomic mass is 10.1. The van der Waals surface area contributed by atoms with Crippen LogP contribution >= 0.6 is 67.8 Å². The summed E-state index contributed by atoms with van der Waals surface area (Å²) in [4.78, 5) is 152. The molecule has 8 heterocycles. The van der Waals surface area contributed by atoms with Crippen molar-refractivity contribution in [3.63, 3.8) is 0 Å². The van der Waals surface area contributed by atoms with Crippen molar-refractivity contribution >= 4 is 146 Å². The van der Waals surface area contributed by atoms with E-state index in [1.54, 1.807) is 103 Å². The van der Waals surface area contributed by atoms with Crippen LogP contribution in [0.2, 0.25) is 0 Å².